The lowest BCUT2D eigenvalue weighted by molar-refractivity contribution is -1.07. The van der Waals surface area contributed by atoms with E-state index in [9.17, 15) is 0 Å². The Morgan fingerprint density at radius 2 is 0.938 bits per heavy atom. The van der Waals surface area contributed by atoms with E-state index in [4.69, 9.17) is 10.5 Å². The summed E-state index contributed by atoms with van der Waals surface area (Å²) in [5.74, 6) is 0. The molecule has 0 aliphatic carbocycles. The van der Waals surface area contributed by atoms with Gasteiger partial charge in [0, 0.05) is 0 Å². The zero-order valence-corrected chi connectivity index (χ0v) is 10.7. The third-order valence-electron chi connectivity index (χ3n) is 3.96. The quantitative estimate of drug-likeness (QED) is 0.367. The number of quaternary nitrogens is 2. The van der Waals surface area contributed by atoms with Crippen LogP contribution in [0.15, 0.2) is 0 Å². The summed E-state index contributed by atoms with van der Waals surface area (Å²) >= 11 is 0. The van der Waals surface area contributed by atoms with Gasteiger partial charge < -0.3 is 24.8 Å². The Morgan fingerprint density at radius 1 is 0.688 bits per heavy atom. The first kappa shape index (κ1) is 15.5. The third kappa shape index (κ3) is 2.59. The second kappa shape index (κ2) is 5.70. The highest BCUT2D eigenvalue weighted by Gasteiger charge is 2.48. The molecule has 0 aromatic rings. The largest absolute Gasteiger partial charge is 1.00 e. The topological polar surface area (TPSA) is 47.6 Å². The minimum atomic E-state index is 0. The van der Waals surface area contributed by atoms with E-state index in [2.05, 4.69) is 12.1 Å². The number of halogens is 2. The van der Waals surface area contributed by atoms with Gasteiger partial charge in [-0.1, -0.05) is 0 Å². The Bertz CT molecular complexity index is 261. The minimum Gasteiger partial charge on any atom is -1.00 e. The molecule has 3 aliphatic rings. The first-order chi connectivity index (χ1) is 6.74. The highest BCUT2D eigenvalue weighted by molar-refractivity contribution is 4.76. The Kier molecular flexibility index (Phi) is 5.52. The van der Waals surface area contributed by atoms with E-state index >= 15 is 0 Å². The molecule has 4 nitrogen and oxygen atoms in total. The van der Waals surface area contributed by atoms with Crippen molar-refractivity contribution in [1.29, 1.82) is 10.5 Å². The van der Waals surface area contributed by atoms with Crippen LogP contribution in [0.3, 0.4) is 0 Å². The SMILES string of the molecule is N#CC[N+]12CC[N+](CC#N)(CC1)CC2.[Cl-].[Cl-]. The summed E-state index contributed by atoms with van der Waals surface area (Å²) in [7, 11) is 0. The fourth-order valence-electron chi connectivity index (χ4n) is 2.72. The summed E-state index contributed by atoms with van der Waals surface area (Å²) in [6, 6.07) is 4.60. The minimum absolute atomic E-state index is 0. The fourth-order valence-corrected chi connectivity index (χ4v) is 2.72. The van der Waals surface area contributed by atoms with E-state index in [-0.39, 0.29) is 24.8 Å². The molecular weight excluding hydrogens is 247 g/mol. The summed E-state index contributed by atoms with van der Waals surface area (Å²) in [5.41, 5.74) is 0. The molecule has 0 aromatic carbocycles. The van der Waals surface area contributed by atoms with Crippen molar-refractivity contribution >= 4 is 0 Å². The van der Waals surface area contributed by atoms with Crippen LogP contribution in [0.2, 0.25) is 0 Å². The number of piperazine rings is 3. The monoisotopic (exact) mass is 262 g/mol. The molecule has 3 aliphatic heterocycles. The average molecular weight is 263 g/mol. The van der Waals surface area contributed by atoms with Gasteiger partial charge in [-0.05, 0) is 0 Å². The summed E-state index contributed by atoms with van der Waals surface area (Å²) < 4.78 is 1.98. The number of nitrogens with zero attached hydrogens (tertiary/aromatic N) is 4. The van der Waals surface area contributed by atoms with E-state index in [1.807, 2.05) is 0 Å². The number of hydrogen-bond acceptors (Lipinski definition) is 2. The van der Waals surface area contributed by atoms with Crippen LogP contribution in [0.1, 0.15) is 0 Å². The summed E-state index contributed by atoms with van der Waals surface area (Å²) in [5, 5.41) is 17.6. The Labute approximate surface area is 109 Å². The van der Waals surface area contributed by atoms with Crippen molar-refractivity contribution in [2.75, 3.05) is 52.4 Å². The normalized spacial score (nSPS) is 35.1. The maximum Gasteiger partial charge on any atom is 0.167 e. The molecule has 16 heavy (non-hydrogen) atoms. The molecule has 0 saturated carbocycles. The van der Waals surface area contributed by atoms with Gasteiger partial charge >= 0.3 is 0 Å². The molecule has 3 fully saturated rings. The molecular formula is C10H16Cl2N4. The molecule has 0 radical (unpaired) electrons. The summed E-state index contributed by atoms with van der Waals surface area (Å²) in [4.78, 5) is 0. The van der Waals surface area contributed by atoms with Crippen molar-refractivity contribution in [1.82, 2.24) is 0 Å². The first-order valence-corrected chi connectivity index (χ1v) is 5.18. The number of fused-ring (bicyclic) bond motifs is 3. The third-order valence-corrected chi connectivity index (χ3v) is 3.96. The molecule has 2 bridgehead atoms. The average Bonchev–Trinajstić information content (AvgIpc) is 2.22. The summed E-state index contributed by atoms with van der Waals surface area (Å²) in [6.07, 6.45) is 0. The summed E-state index contributed by atoms with van der Waals surface area (Å²) in [6.45, 7) is 7.87. The molecule has 0 atom stereocenters. The van der Waals surface area contributed by atoms with Gasteiger partial charge in [-0.15, -0.1) is 0 Å². The number of rotatable bonds is 2. The van der Waals surface area contributed by atoms with E-state index in [0.717, 1.165) is 48.2 Å². The van der Waals surface area contributed by atoms with Crippen molar-refractivity contribution < 1.29 is 33.8 Å². The fraction of sp³-hybridized carbons (Fsp3) is 0.800. The van der Waals surface area contributed by atoms with Gasteiger partial charge in [0.2, 0.25) is 0 Å². The standard InChI is InChI=1S/C10H16N4.2ClH/c11-1-3-13-5-8-14(4-2-12,9-6-13)10-7-13;;/h3-10H2;2*1H/q+2;;/p-2. The molecule has 3 heterocycles. The molecule has 6 heteroatoms. The van der Waals surface area contributed by atoms with Crippen LogP contribution in [0.5, 0.6) is 0 Å². The zero-order chi connectivity index (χ0) is 10.1. The van der Waals surface area contributed by atoms with Crippen LogP contribution >= 0.6 is 0 Å². The van der Waals surface area contributed by atoms with Crippen LogP contribution in [0.25, 0.3) is 0 Å². The van der Waals surface area contributed by atoms with Gasteiger partial charge in [0.05, 0.1) is 0 Å². The van der Waals surface area contributed by atoms with Crippen molar-refractivity contribution in [3.63, 3.8) is 0 Å². The van der Waals surface area contributed by atoms with Crippen LogP contribution in [-0.2, 0) is 0 Å². The molecule has 3 rings (SSSR count). The molecule has 90 valence electrons. The Morgan fingerprint density at radius 3 is 1.12 bits per heavy atom. The maximum atomic E-state index is 8.78. The Hall–Kier alpha value is -0.520. The first-order valence-electron chi connectivity index (χ1n) is 5.18. The second-order valence-electron chi connectivity index (χ2n) is 4.66. The Balaban J connectivity index is 0.00000112. The molecule has 0 unspecified atom stereocenters. The predicted octanol–water partition coefficient (Wildman–Crippen LogP) is -6.30. The van der Waals surface area contributed by atoms with Crippen molar-refractivity contribution in [2.45, 2.75) is 0 Å². The van der Waals surface area contributed by atoms with E-state index < -0.39 is 0 Å². The van der Waals surface area contributed by atoms with Gasteiger partial charge in [-0.3, -0.25) is 8.97 Å². The van der Waals surface area contributed by atoms with E-state index in [0.29, 0.717) is 13.1 Å². The molecule has 0 spiro atoms. The number of hydrogen-bond donors (Lipinski definition) is 0. The molecule has 0 N–H and O–H groups in total. The lowest BCUT2D eigenvalue weighted by Crippen LogP contribution is -3.00. The predicted molar refractivity (Wildman–Crippen MR) is 50.7 cm³/mol. The van der Waals surface area contributed by atoms with Gasteiger partial charge in [-0.25, -0.2) is 0 Å². The molecule has 0 amide bonds. The van der Waals surface area contributed by atoms with Crippen molar-refractivity contribution in [2.24, 2.45) is 0 Å². The molecule has 0 aromatic heterocycles. The lowest BCUT2D eigenvalue weighted by atomic mass is 10.1. The van der Waals surface area contributed by atoms with Crippen LogP contribution in [0, 0.1) is 22.7 Å². The van der Waals surface area contributed by atoms with Gasteiger partial charge in [0.15, 0.2) is 13.1 Å². The smallest absolute Gasteiger partial charge is 0.167 e. The van der Waals surface area contributed by atoms with E-state index in [1.165, 1.54) is 0 Å². The van der Waals surface area contributed by atoms with Crippen LogP contribution in [-0.4, -0.2) is 61.3 Å². The highest BCUT2D eigenvalue weighted by Crippen LogP contribution is 2.25. The van der Waals surface area contributed by atoms with E-state index in [1.54, 1.807) is 0 Å². The second-order valence-corrected chi connectivity index (χ2v) is 4.66. The van der Waals surface area contributed by atoms with Crippen LogP contribution in [0.4, 0.5) is 0 Å². The highest BCUT2D eigenvalue weighted by atomic mass is 35.5. The van der Waals surface area contributed by atoms with Gasteiger partial charge in [0.25, 0.3) is 0 Å². The number of nitriles is 2. The van der Waals surface area contributed by atoms with Gasteiger partial charge in [0.1, 0.15) is 51.4 Å². The zero-order valence-electron chi connectivity index (χ0n) is 9.20. The van der Waals surface area contributed by atoms with Crippen molar-refractivity contribution in [3.05, 3.63) is 0 Å². The molecule has 3 saturated heterocycles. The maximum absolute atomic E-state index is 8.78. The van der Waals surface area contributed by atoms with Gasteiger partial charge in [-0.2, -0.15) is 10.5 Å². The lowest BCUT2D eigenvalue weighted by Gasteiger charge is -2.53. The van der Waals surface area contributed by atoms with Crippen LogP contribution < -0.4 is 24.8 Å². The van der Waals surface area contributed by atoms with Crippen molar-refractivity contribution in [3.8, 4) is 12.1 Å².